The Bertz CT molecular complexity index is 359. The Morgan fingerprint density at radius 1 is 1.25 bits per heavy atom. The molecule has 1 aliphatic carbocycles. The van der Waals surface area contributed by atoms with Crippen LogP contribution in [0.15, 0.2) is 18.2 Å². The van der Waals surface area contributed by atoms with Crippen molar-refractivity contribution in [2.24, 2.45) is 5.73 Å². The number of hydrogen-bond donors (Lipinski definition) is 1. The summed E-state index contributed by atoms with van der Waals surface area (Å²) in [6.07, 6.45) is 4.20. The van der Waals surface area contributed by atoms with E-state index >= 15 is 0 Å². The monoisotopic (exact) mass is 223 g/mol. The van der Waals surface area contributed by atoms with Crippen molar-refractivity contribution in [3.05, 3.63) is 29.6 Å². The van der Waals surface area contributed by atoms with Crippen LogP contribution in [0.25, 0.3) is 0 Å². The zero-order valence-corrected chi connectivity index (χ0v) is 9.58. The second-order valence-electron chi connectivity index (χ2n) is 4.51. The predicted octanol–water partition coefficient (Wildman–Crippen LogP) is 2.82. The molecule has 0 aliphatic heterocycles. The number of methoxy groups -OCH3 is 1. The molecule has 1 aromatic rings. The standard InChI is InChI=1S/C13H18FNO/c1-16-13-7-4-10(8-12(13)14)9-2-5-11(15)6-3-9/h4,7-9,11H,2-3,5-6,15H2,1H3. The van der Waals surface area contributed by atoms with Gasteiger partial charge in [-0.3, -0.25) is 0 Å². The maximum Gasteiger partial charge on any atom is 0.165 e. The highest BCUT2D eigenvalue weighted by Crippen LogP contribution is 2.33. The van der Waals surface area contributed by atoms with Gasteiger partial charge in [0.15, 0.2) is 11.6 Å². The molecule has 0 spiro atoms. The van der Waals surface area contributed by atoms with E-state index in [0.717, 1.165) is 31.2 Å². The second-order valence-corrected chi connectivity index (χ2v) is 4.51. The van der Waals surface area contributed by atoms with Gasteiger partial charge in [0.2, 0.25) is 0 Å². The summed E-state index contributed by atoms with van der Waals surface area (Å²) in [5.74, 6) is 0.506. The first-order valence-corrected chi connectivity index (χ1v) is 5.79. The summed E-state index contributed by atoms with van der Waals surface area (Å²) in [7, 11) is 1.48. The van der Waals surface area contributed by atoms with E-state index in [0.29, 0.717) is 17.7 Å². The van der Waals surface area contributed by atoms with Gasteiger partial charge in [-0.25, -0.2) is 4.39 Å². The van der Waals surface area contributed by atoms with E-state index in [4.69, 9.17) is 10.5 Å². The van der Waals surface area contributed by atoms with Crippen molar-refractivity contribution in [2.45, 2.75) is 37.6 Å². The van der Waals surface area contributed by atoms with Gasteiger partial charge in [-0.05, 0) is 49.3 Å². The summed E-state index contributed by atoms with van der Waals surface area (Å²) in [5.41, 5.74) is 6.93. The van der Waals surface area contributed by atoms with Crippen molar-refractivity contribution in [2.75, 3.05) is 7.11 Å². The van der Waals surface area contributed by atoms with Crippen LogP contribution in [0.5, 0.6) is 5.75 Å². The molecule has 1 aliphatic rings. The Kier molecular flexibility index (Phi) is 3.44. The van der Waals surface area contributed by atoms with Gasteiger partial charge in [0.25, 0.3) is 0 Å². The van der Waals surface area contributed by atoms with Gasteiger partial charge in [-0.15, -0.1) is 0 Å². The van der Waals surface area contributed by atoms with Crippen molar-refractivity contribution in [1.82, 2.24) is 0 Å². The lowest BCUT2D eigenvalue weighted by molar-refractivity contribution is 0.379. The van der Waals surface area contributed by atoms with E-state index in [9.17, 15) is 4.39 Å². The maximum atomic E-state index is 13.5. The number of rotatable bonds is 2. The van der Waals surface area contributed by atoms with Crippen molar-refractivity contribution in [1.29, 1.82) is 0 Å². The largest absolute Gasteiger partial charge is 0.494 e. The molecule has 0 unspecified atom stereocenters. The Balaban J connectivity index is 2.12. The number of hydrogen-bond acceptors (Lipinski definition) is 2. The second kappa shape index (κ2) is 4.83. The quantitative estimate of drug-likeness (QED) is 0.836. The summed E-state index contributed by atoms with van der Waals surface area (Å²) < 4.78 is 18.4. The van der Waals surface area contributed by atoms with Crippen LogP contribution < -0.4 is 10.5 Å². The van der Waals surface area contributed by atoms with Crippen LogP contribution in [-0.4, -0.2) is 13.2 Å². The number of benzene rings is 1. The van der Waals surface area contributed by atoms with E-state index in [1.807, 2.05) is 6.07 Å². The molecule has 88 valence electrons. The minimum Gasteiger partial charge on any atom is -0.494 e. The van der Waals surface area contributed by atoms with E-state index in [2.05, 4.69) is 0 Å². The highest BCUT2D eigenvalue weighted by Gasteiger charge is 2.20. The average Bonchev–Trinajstić information content (AvgIpc) is 2.30. The Hall–Kier alpha value is -1.09. The first-order valence-electron chi connectivity index (χ1n) is 5.79. The average molecular weight is 223 g/mol. The van der Waals surface area contributed by atoms with Crippen molar-refractivity contribution >= 4 is 0 Å². The molecule has 1 saturated carbocycles. The zero-order chi connectivity index (χ0) is 11.5. The van der Waals surface area contributed by atoms with Gasteiger partial charge < -0.3 is 10.5 Å². The van der Waals surface area contributed by atoms with Crippen molar-refractivity contribution in [3.63, 3.8) is 0 Å². The third-order valence-corrected chi connectivity index (χ3v) is 3.42. The number of halogens is 1. The molecule has 0 atom stereocenters. The van der Waals surface area contributed by atoms with E-state index in [1.54, 1.807) is 12.1 Å². The van der Waals surface area contributed by atoms with Crippen molar-refractivity contribution in [3.8, 4) is 5.75 Å². The predicted molar refractivity (Wildman–Crippen MR) is 62.1 cm³/mol. The van der Waals surface area contributed by atoms with Gasteiger partial charge in [-0.1, -0.05) is 6.07 Å². The third kappa shape index (κ3) is 2.35. The molecule has 0 radical (unpaired) electrons. The molecular weight excluding hydrogens is 205 g/mol. The molecule has 0 saturated heterocycles. The lowest BCUT2D eigenvalue weighted by Crippen LogP contribution is -2.25. The fourth-order valence-electron chi connectivity index (χ4n) is 2.39. The Labute approximate surface area is 95.6 Å². The van der Waals surface area contributed by atoms with Crippen LogP contribution >= 0.6 is 0 Å². The van der Waals surface area contributed by atoms with Gasteiger partial charge in [0.1, 0.15) is 0 Å². The van der Waals surface area contributed by atoms with E-state index in [1.165, 1.54) is 7.11 Å². The van der Waals surface area contributed by atoms with Crippen LogP contribution in [0.4, 0.5) is 4.39 Å². The van der Waals surface area contributed by atoms with Crippen LogP contribution in [0, 0.1) is 5.82 Å². The summed E-state index contributed by atoms with van der Waals surface area (Å²) in [5, 5.41) is 0. The van der Waals surface area contributed by atoms with E-state index in [-0.39, 0.29) is 5.82 Å². The maximum absolute atomic E-state index is 13.5. The lowest BCUT2D eigenvalue weighted by atomic mass is 9.82. The highest BCUT2D eigenvalue weighted by molar-refractivity contribution is 5.31. The summed E-state index contributed by atoms with van der Waals surface area (Å²) in [6.45, 7) is 0. The molecule has 0 bridgehead atoms. The summed E-state index contributed by atoms with van der Waals surface area (Å²) in [6, 6.07) is 5.60. The zero-order valence-electron chi connectivity index (χ0n) is 9.58. The fourth-order valence-corrected chi connectivity index (χ4v) is 2.39. The molecule has 2 rings (SSSR count). The molecule has 0 aromatic heterocycles. The topological polar surface area (TPSA) is 35.2 Å². The van der Waals surface area contributed by atoms with E-state index < -0.39 is 0 Å². The minimum atomic E-state index is -0.269. The molecule has 0 amide bonds. The van der Waals surface area contributed by atoms with Crippen LogP contribution in [0.2, 0.25) is 0 Å². The molecule has 0 heterocycles. The molecule has 1 aromatic carbocycles. The SMILES string of the molecule is COc1ccc(C2CCC(N)CC2)cc1F. The summed E-state index contributed by atoms with van der Waals surface area (Å²) >= 11 is 0. The summed E-state index contributed by atoms with van der Waals surface area (Å²) in [4.78, 5) is 0. The van der Waals surface area contributed by atoms with Gasteiger partial charge in [0.05, 0.1) is 7.11 Å². The van der Waals surface area contributed by atoms with Gasteiger partial charge in [-0.2, -0.15) is 0 Å². The molecular formula is C13H18FNO. The highest BCUT2D eigenvalue weighted by atomic mass is 19.1. The number of ether oxygens (including phenoxy) is 1. The van der Waals surface area contributed by atoms with Crippen LogP contribution in [-0.2, 0) is 0 Å². The first kappa shape index (κ1) is 11.4. The normalized spacial score (nSPS) is 25.4. The molecule has 16 heavy (non-hydrogen) atoms. The van der Waals surface area contributed by atoms with Gasteiger partial charge >= 0.3 is 0 Å². The Morgan fingerprint density at radius 3 is 2.50 bits per heavy atom. The Morgan fingerprint density at radius 2 is 1.94 bits per heavy atom. The third-order valence-electron chi connectivity index (χ3n) is 3.42. The van der Waals surface area contributed by atoms with Crippen LogP contribution in [0.3, 0.4) is 0 Å². The minimum absolute atomic E-state index is 0.269. The lowest BCUT2D eigenvalue weighted by Gasteiger charge is -2.26. The molecule has 1 fully saturated rings. The first-order chi connectivity index (χ1) is 7.70. The van der Waals surface area contributed by atoms with Gasteiger partial charge in [0, 0.05) is 6.04 Å². The molecule has 2 N–H and O–H groups in total. The van der Waals surface area contributed by atoms with Crippen molar-refractivity contribution < 1.29 is 9.13 Å². The molecule has 3 heteroatoms. The smallest absolute Gasteiger partial charge is 0.165 e. The fraction of sp³-hybridized carbons (Fsp3) is 0.538. The number of nitrogens with two attached hydrogens (primary N) is 1. The van der Waals surface area contributed by atoms with Crippen LogP contribution in [0.1, 0.15) is 37.2 Å². The molecule has 2 nitrogen and oxygen atoms in total.